The van der Waals surface area contributed by atoms with Gasteiger partial charge in [0.1, 0.15) is 0 Å². The largest absolute Gasteiger partial charge is 0.465 e. The first kappa shape index (κ1) is 19.3. The van der Waals surface area contributed by atoms with E-state index >= 15 is 0 Å². The number of hydrogen-bond acceptors (Lipinski definition) is 6. The quantitative estimate of drug-likeness (QED) is 0.729. The van der Waals surface area contributed by atoms with Gasteiger partial charge in [-0.3, -0.25) is 4.90 Å². The van der Waals surface area contributed by atoms with Crippen LogP contribution in [0.1, 0.15) is 32.9 Å². The summed E-state index contributed by atoms with van der Waals surface area (Å²) in [6.07, 6.45) is 1.19. The average molecular weight is 394 g/mol. The van der Waals surface area contributed by atoms with Gasteiger partial charge in [-0.25, -0.2) is 9.78 Å². The molecule has 0 amide bonds. The van der Waals surface area contributed by atoms with E-state index < -0.39 is 0 Å². The van der Waals surface area contributed by atoms with E-state index in [1.165, 1.54) is 18.4 Å². The molecule has 3 rings (SSSR count). The third-order valence-electron chi connectivity index (χ3n) is 4.75. The van der Waals surface area contributed by atoms with Gasteiger partial charge in [0.25, 0.3) is 0 Å². The van der Waals surface area contributed by atoms with E-state index in [4.69, 9.17) is 16.3 Å². The molecule has 0 radical (unpaired) electrons. The first-order valence-electron chi connectivity index (χ1n) is 8.75. The van der Waals surface area contributed by atoms with Crippen LogP contribution in [-0.4, -0.2) is 42.6 Å². The van der Waals surface area contributed by atoms with Crippen LogP contribution >= 0.6 is 22.9 Å². The third kappa shape index (κ3) is 4.82. The highest BCUT2D eigenvalue weighted by Gasteiger charge is 2.21. The Morgan fingerprint density at radius 1 is 1.46 bits per heavy atom. The number of carbonyl (C=O) groups is 1. The molecule has 1 atom stereocenters. The Bertz CT molecular complexity index is 759. The highest BCUT2D eigenvalue weighted by atomic mass is 35.5. The molecule has 1 aromatic carbocycles. The molecule has 1 fully saturated rings. The molecule has 2 aromatic rings. The van der Waals surface area contributed by atoms with Crippen molar-refractivity contribution in [2.24, 2.45) is 5.92 Å². The molecule has 1 N–H and O–H groups in total. The van der Waals surface area contributed by atoms with Crippen LogP contribution in [0, 0.1) is 12.8 Å². The number of hydrogen-bond donors (Lipinski definition) is 1. The number of ether oxygens (including phenoxy) is 1. The number of benzene rings is 1. The van der Waals surface area contributed by atoms with Crippen molar-refractivity contribution in [2.75, 3.05) is 26.7 Å². The number of carbonyl (C=O) groups excluding carboxylic acids is 1. The lowest BCUT2D eigenvalue weighted by atomic mass is 10.1. The summed E-state index contributed by atoms with van der Waals surface area (Å²) in [7, 11) is 1.39. The molecule has 0 bridgehead atoms. The van der Waals surface area contributed by atoms with E-state index in [-0.39, 0.29) is 5.97 Å². The summed E-state index contributed by atoms with van der Waals surface area (Å²) in [6, 6.07) is 5.32. The zero-order valence-electron chi connectivity index (χ0n) is 15.1. The summed E-state index contributed by atoms with van der Waals surface area (Å²) in [6.45, 7) is 6.70. The number of thiazole rings is 1. The molecule has 7 heteroatoms. The minimum atomic E-state index is -0.340. The Hall–Kier alpha value is -1.47. The Morgan fingerprint density at radius 2 is 2.31 bits per heavy atom. The molecule has 5 nitrogen and oxygen atoms in total. The smallest absolute Gasteiger partial charge is 0.337 e. The van der Waals surface area contributed by atoms with Gasteiger partial charge < -0.3 is 10.1 Å². The lowest BCUT2D eigenvalue weighted by Gasteiger charge is -2.25. The molecule has 0 aliphatic carbocycles. The molecule has 1 aromatic heterocycles. The van der Waals surface area contributed by atoms with Gasteiger partial charge >= 0.3 is 5.97 Å². The van der Waals surface area contributed by atoms with Crippen LogP contribution in [0.15, 0.2) is 23.7 Å². The topological polar surface area (TPSA) is 54.5 Å². The first-order valence-corrected chi connectivity index (χ1v) is 10.0. The first-order chi connectivity index (χ1) is 12.6. The molecule has 1 unspecified atom stereocenters. The van der Waals surface area contributed by atoms with Gasteiger partial charge in [0, 0.05) is 29.5 Å². The van der Waals surface area contributed by atoms with Crippen LogP contribution in [0.4, 0.5) is 0 Å². The Balaban J connectivity index is 1.79. The zero-order valence-corrected chi connectivity index (χ0v) is 16.7. The molecular weight excluding hydrogens is 370 g/mol. The molecular formula is C19H24ClN3O2S. The van der Waals surface area contributed by atoms with Crippen LogP contribution in [0.5, 0.6) is 0 Å². The number of nitrogens with one attached hydrogen (secondary N) is 1. The van der Waals surface area contributed by atoms with Gasteiger partial charge in [-0.1, -0.05) is 11.6 Å². The fourth-order valence-corrected chi connectivity index (χ4v) is 4.28. The molecule has 26 heavy (non-hydrogen) atoms. The van der Waals surface area contributed by atoms with E-state index in [0.29, 0.717) is 23.0 Å². The minimum Gasteiger partial charge on any atom is -0.465 e. The monoisotopic (exact) mass is 393 g/mol. The molecule has 2 heterocycles. The van der Waals surface area contributed by atoms with Crippen molar-refractivity contribution in [2.45, 2.75) is 26.4 Å². The number of esters is 1. The maximum atomic E-state index is 11.8. The SMILES string of the molecule is COC(=O)c1ccc(Cl)c(CN(Cc2scnc2C)CC2CCNC2)c1. The normalized spacial score (nSPS) is 17.0. The Kier molecular flexibility index (Phi) is 6.64. The Morgan fingerprint density at radius 3 is 2.96 bits per heavy atom. The predicted molar refractivity (Wildman–Crippen MR) is 105 cm³/mol. The lowest BCUT2D eigenvalue weighted by molar-refractivity contribution is 0.0600. The van der Waals surface area contributed by atoms with Gasteiger partial charge in [0.2, 0.25) is 0 Å². The van der Waals surface area contributed by atoms with Crippen molar-refractivity contribution in [1.29, 1.82) is 0 Å². The maximum Gasteiger partial charge on any atom is 0.337 e. The van der Waals surface area contributed by atoms with Crippen molar-refractivity contribution >= 4 is 28.9 Å². The van der Waals surface area contributed by atoms with E-state index in [2.05, 4.69) is 15.2 Å². The highest BCUT2D eigenvalue weighted by molar-refractivity contribution is 7.09. The molecule has 1 saturated heterocycles. The molecule has 1 aliphatic heterocycles. The molecule has 0 saturated carbocycles. The number of halogens is 1. The number of methoxy groups -OCH3 is 1. The van der Waals surface area contributed by atoms with Gasteiger partial charge in [-0.05, 0) is 56.1 Å². The number of nitrogens with zero attached hydrogens (tertiary/aromatic N) is 2. The fourth-order valence-electron chi connectivity index (χ4n) is 3.28. The summed E-state index contributed by atoms with van der Waals surface area (Å²) >= 11 is 8.10. The summed E-state index contributed by atoms with van der Waals surface area (Å²) in [5, 5.41) is 4.11. The predicted octanol–water partition coefficient (Wildman–Crippen LogP) is 3.50. The minimum absolute atomic E-state index is 0.340. The van der Waals surface area contributed by atoms with E-state index in [1.54, 1.807) is 23.5 Å². The molecule has 140 valence electrons. The molecule has 1 aliphatic rings. The summed E-state index contributed by atoms with van der Waals surface area (Å²) in [5.41, 5.74) is 4.45. The van der Waals surface area contributed by atoms with Crippen molar-refractivity contribution in [3.63, 3.8) is 0 Å². The highest BCUT2D eigenvalue weighted by Crippen LogP contribution is 2.24. The van der Waals surface area contributed by atoms with Crippen LogP contribution in [0.2, 0.25) is 5.02 Å². The van der Waals surface area contributed by atoms with Crippen molar-refractivity contribution in [3.05, 3.63) is 50.4 Å². The zero-order chi connectivity index (χ0) is 18.5. The van der Waals surface area contributed by atoms with Gasteiger partial charge in [-0.15, -0.1) is 11.3 Å². The van der Waals surface area contributed by atoms with Gasteiger partial charge in [-0.2, -0.15) is 0 Å². The summed E-state index contributed by atoms with van der Waals surface area (Å²) in [4.78, 5) is 19.9. The van der Waals surface area contributed by atoms with Crippen molar-refractivity contribution in [3.8, 4) is 0 Å². The van der Waals surface area contributed by atoms with Crippen LogP contribution in [0.25, 0.3) is 0 Å². The number of rotatable bonds is 7. The third-order valence-corrected chi connectivity index (χ3v) is 6.04. The van der Waals surface area contributed by atoms with Crippen molar-refractivity contribution in [1.82, 2.24) is 15.2 Å². The van der Waals surface area contributed by atoms with Crippen LogP contribution < -0.4 is 5.32 Å². The second-order valence-electron chi connectivity index (χ2n) is 6.69. The summed E-state index contributed by atoms with van der Waals surface area (Å²) in [5.74, 6) is 0.290. The van der Waals surface area contributed by atoms with E-state index in [0.717, 1.165) is 37.4 Å². The fraction of sp³-hybridized carbons (Fsp3) is 0.474. The average Bonchev–Trinajstić information content (AvgIpc) is 3.28. The van der Waals surface area contributed by atoms with Crippen LogP contribution in [0.3, 0.4) is 0 Å². The number of aryl methyl sites for hydroxylation is 1. The second-order valence-corrected chi connectivity index (χ2v) is 8.03. The summed E-state index contributed by atoms with van der Waals surface area (Å²) < 4.78 is 4.83. The maximum absolute atomic E-state index is 11.8. The van der Waals surface area contributed by atoms with E-state index in [1.807, 2.05) is 18.5 Å². The number of aromatic nitrogens is 1. The molecule has 0 spiro atoms. The standard InChI is InChI=1S/C19H24ClN3O2S/c1-13-18(26-12-22-13)11-23(9-14-5-6-21-8-14)10-16-7-15(19(24)25-2)3-4-17(16)20/h3-4,7,12,14,21H,5-6,8-11H2,1-2H3. The van der Waals surface area contributed by atoms with E-state index in [9.17, 15) is 4.79 Å². The lowest BCUT2D eigenvalue weighted by Crippen LogP contribution is -2.30. The van der Waals surface area contributed by atoms with Crippen LogP contribution in [-0.2, 0) is 17.8 Å². The Labute approximate surface area is 163 Å². The van der Waals surface area contributed by atoms with Gasteiger partial charge in [0.15, 0.2) is 0 Å². The van der Waals surface area contributed by atoms with Gasteiger partial charge in [0.05, 0.1) is 23.9 Å². The van der Waals surface area contributed by atoms with Crippen molar-refractivity contribution < 1.29 is 9.53 Å². The second kappa shape index (κ2) is 8.95.